The summed E-state index contributed by atoms with van der Waals surface area (Å²) in [6.07, 6.45) is 1.95. The maximum Gasteiger partial charge on any atom is 0.331 e. The number of rotatable bonds is 7. The number of halogens is 1. The van der Waals surface area contributed by atoms with E-state index in [4.69, 9.17) is 21.1 Å². The zero-order valence-electron chi connectivity index (χ0n) is 15.5. The average Bonchev–Trinajstić information content (AvgIpc) is 2.65. The van der Waals surface area contributed by atoms with Crippen molar-refractivity contribution in [2.75, 3.05) is 11.9 Å². The number of hydrogen-bond donors (Lipinski definition) is 1. The maximum absolute atomic E-state index is 12.2. The highest BCUT2D eigenvalue weighted by atomic mass is 35.5. The topological polar surface area (TPSA) is 64.6 Å². The number of amides is 1. The lowest BCUT2D eigenvalue weighted by Crippen LogP contribution is -2.29. The molecule has 0 spiro atoms. The van der Waals surface area contributed by atoms with Gasteiger partial charge in [0.15, 0.2) is 6.10 Å². The Bertz CT molecular complexity index is 831. The van der Waals surface area contributed by atoms with Crippen molar-refractivity contribution in [2.45, 2.75) is 26.9 Å². The largest absolute Gasteiger partial charge is 0.494 e. The molecule has 142 valence electrons. The highest BCUT2D eigenvalue weighted by Crippen LogP contribution is 2.23. The Morgan fingerprint density at radius 1 is 1.19 bits per heavy atom. The predicted molar refractivity (Wildman–Crippen MR) is 107 cm³/mol. The van der Waals surface area contributed by atoms with Gasteiger partial charge >= 0.3 is 5.97 Å². The van der Waals surface area contributed by atoms with Gasteiger partial charge in [0.25, 0.3) is 5.91 Å². The number of benzene rings is 2. The van der Waals surface area contributed by atoms with Gasteiger partial charge < -0.3 is 14.8 Å². The van der Waals surface area contributed by atoms with E-state index >= 15 is 0 Å². The fraction of sp³-hybridized carbons (Fsp3) is 0.238. The maximum atomic E-state index is 12.2. The molecule has 0 radical (unpaired) electrons. The Labute approximate surface area is 163 Å². The number of carbonyl (C=O) groups excluding carboxylic acids is 2. The molecule has 27 heavy (non-hydrogen) atoms. The van der Waals surface area contributed by atoms with Crippen LogP contribution in [0.15, 0.2) is 48.5 Å². The summed E-state index contributed by atoms with van der Waals surface area (Å²) < 4.78 is 10.5. The minimum Gasteiger partial charge on any atom is -0.494 e. The minimum absolute atomic E-state index is 0.428. The van der Waals surface area contributed by atoms with Gasteiger partial charge in [0.2, 0.25) is 0 Å². The molecule has 6 heteroatoms. The molecule has 2 aromatic carbocycles. The van der Waals surface area contributed by atoms with E-state index in [0.29, 0.717) is 17.3 Å². The van der Waals surface area contributed by atoms with Gasteiger partial charge in [-0.25, -0.2) is 4.79 Å². The van der Waals surface area contributed by atoms with Crippen molar-refractivity contribution in [1.29, 1.82) is 0 Å². The van der Waals surface area contributed by atoms with Crippen LogP contribution in [0.25, 0.3) is 6.08 Å². The van der Waals surface area contributed by atoms with E-state index < -0.39 is 18.0 Å². The predicted octanol–water partition coefficient (Wildman–Crippen LogP) is 4.63. The van der Waals surface area contributed by atoms with Crippen LogP contribution < -0.4 is 10.1 Å². The standard InChI is InChI=1S/C21H22ClNO4/c1-4-26-17-11-8-16(9-12-17)10-13-20(24)27-15(3)21(25)23-19-7-5-6-18(22)14(19)2/h5-13,15H,4H2,1-3H3,(H,23,25)/b13-10+/t15-/m0/s1. The van der Waals surface area contributed by atoms with E-state index in [1.165, 1.54) is 13.0 Å². The van der Waals surface area contributed by atoms with Gasteiger partial charge in [-0.1, -0.05) is 29.8 Å². The van der Waals surface area contributed by atoms with Crippen molar-refractivity contribution in [2.24, 2.45) is 0 Å². The number of anilines is 1. The van der Waals surface area contributed by atoms with Crippen LogP contribution in [-0.4, -0.2) is 24.6 Å². The van der Waals surface area contributed by atoms with Gasteiger partial charge in [-0.05, 0) is 62.2 Å². The van der Waals surface area contributed by atoms with Gasteiger partial charge in [-0.15, -0.1) is 0 Å². The second-order valence-electron chi connectivity index (χ2n) is 5.82. The van der Waals surface area contributed by atoms with Crippen LogP contribution in [0.2, 0.25) is 5.02 Å². The number of nitrogens with one attached hydrogen (secondary N) is 1. The highest BCUT2D eigenvalue weighted by molar-refractivity contribution is 6.31. The van der Waals surface area contributed by atoms with Gasteiger partial charge in [-0.3, -0.25) is 4.79 Å². The molecule has 0 aliphatic heterocycles. The Hall–Kier alpha value is -2.79. The Morgan fingerprint density at radius 3 is 2.56 bits per heavy atom. The van der Waals surface area contributed by atoms with Gasteiger partial charge in [0, 0.05) is 16.8 Å². The molecule has 1 N–H and O–H groups in total. The van der Waals surface area contributed by atoms with Crippen LogP contribution in [0.1, 0.15) is 25.0 Å². The van der Waals surface area contributed by atoms with Crippen LogP contribution in [-0.2, 0) is 14.3 Å². The monoisotopic (exact) mass is 387 g/mol. The lowest BCUT2D eigenvalue weighted by Gasteiger charge is -2.14. The van der Waals surface area contributed by atoms with E-state index in [-0.39, 0.29) is 0 Å². The number of carbonyl (C=O) groups is 2. The zero-order valence-corrected chi connectivity index (χ0v) is 16.2. The van der Waals surface area contributed by atoms with Crippen LogP contribution in [0.4, 0.5) is 5.69 Å². The summed E-state index contributed by atoms with van der Waals surface area (Å²) in [5, 5.41) is 3.26. The van der Waals surface area contributed by atoms with Crippen LogP contribution >= 0.6 is 11.6 Å². The first-order chi connectivity index (χ1) is 12.9. The summed E-state index contributed by atoms with van der Waals surface area (Å²) in [5.41, 5.74) is 2.16. The van der Waals surface area contributed by atoms with E-state index in [2.05, 4.69) is 5.32 Å². The molecule has 0 aromatic heterocycles. The van der Waals surface area contributed by atoms with Crippen molar-refractivity contribution >= 4 is 35.2 Å². The molecule has 0 saturated heterocycles. The summed E-state index contributed by atoms with van der Waals surface area (Å²) in [6.45, 7) is 5.82. The van der Waals surface area contributed by atoms with Gasteiger partial charge in [0.1, 0.15) is 5.75 Å². The fourth-order valence-corrected chi connectivity index (χ4v) is 2.42. The quantitative estimate of drug-likeness (QED) is 0.555. The molecule has 2 rings (SSSR count). The van der Waals surface area contributed by atoms with Gasteiger partial charge in [-0.2, -0.15) is 0 Å². The first-order valence-electron chi connectivity index (χ1n) is 8.58. The van der Waals surface area contributed by atoms with E-state index in [9.17, 15) is 9.59 Å². The summed E-state index contributed by atoms with van der Waals surface area (Å²) in [7, 11) is 0. The lowest BCUT2D eigenvalue weighted by molar-refractivity contribution is -0.148. The summed E-state index contributed by atoms with van der Waals surface area (Å²) >= 11 is 6.03. The highest BCUT2D eigenvalue weighted by Gasteiger charge is 2.17. The Morgan fingerprint density at radius 2 is 1.89 bits per heavy atom. The van der Waals surface area contributed by atoms with Crippen molar-refractivity contribution in [3.8, 4) is 5.75 Å². The second-order valence-corrected chi connectivity index (χ2v) is 6.22. The van der Waals surface area contributed by atoms with Crippen LogP contribution in [0.3, 0.4) is 0 Å². The molecule has 0 aliphatic carbocycles. The van der Waals surface area contributed by atoms with Crippen molar-refractivity contribution in [3.05, 3.63) is 64.7 Å². The molecule has 0 unspecified atom stereocenters. The summed E-state index contributed by atoms with van der Waals surface area (Å²) in [4.78, 5) is 24.2. The molecular weight excluding hydrogens is 366 g/mol. The van der Waals surface area contributed by atoms with Crippen molar-refractivity contribution in [1.82, 2.24) is 0 Å². The fourth-order valence-electron chi connectivity index (χ4n) is 2.25. The third-order valence-corrected chi connectivity index (χ3v) is 4.20. The van der Waals surface area contributed by atoms with E-state index in [0.717, 1.165) is 16.9 Å². The normalized spacial score (nSPS) is 11.9. The second kappa shape index (κ2) is 9.78. The average molecular weight is 388 g/mol. The molecule has 0 aliphatic rings. The molecule has 2 aromatic rings. The Balaban J connectivity index is 1.90. The van der Waals surface area contributed by atoms with E-state index in [1.54, 1.807) is 31.2 Å². The molecule has 5 nitrogen and oxygen atoms in total. The first kappa shape index (κ1) is 20.5. The summed E-state index contributed by atoms with van der Waals surface area (Å²) in [5.74, 6) is -0.267. The molecule has 0 bridgehead atoms. The van der Waals surface area contributed by atoms with Crippen LogP contribution in [0.5, 0.6) is 5.75 Å². The number of ether oxygens (including phenoxy) is 2. The molecule has 1 atom stereocenters. The molecule has 0 fully saturated rings. The van der Waals surface area contributed by atoms with Crippen LogP contribution in [0, 0.1) is 6.92 Å². The Kier molecular flexibility index (Phi) is 7.44. The molecule has 1 amide bonds. The number of esters is 1. The number of hydrogen-bond acceptors (Lipinski definition) is 4. The minimum atomic E-state index is -0.944. The van der Waals surface area contributed by atoms with Crippen molar-refractivity contribution in [3.63, 3.8) is 0 Å². The summed E-state index contributed by atoms with van der Waals surface area (Å²) in [6, 6.07) is 12.5. The van der Waals surface area contributed by atoms with Crippen molar-refractivity contribution < 1.29 is 19.1 Å². The van der Waals surface area contributed by atoms with E-state index in [1.807, 2.05) is 31.2 Å². The zero-order chi connectivity index (χ0) is 19.8. The SMILES string of the molecule is CCOc1ccc(/C=C/C(=O)O[C@@H](C)C(=O)Nc2cccc(Cl)c2C)cc1. The first-order valence-corrected chi connectivity index (χ1v) is 8.96. The molecular formula is C21H22ClNO4. The lowest BCUT2D eigenvalue weighted by atomic mass is 10.2. The molecule has 0 heterocycles. The van der Waals surface area contributed by atoms with Gasteiger partial charge in [0.05, 0.1) is 6.61 Å². The third kappa shape index (κ3) is 6.15. The smallest absolute Gasteiger partial charge is 0.331 e. The molecule has 0 saturated carbocycles. The third-order valence-electron chi connectivity index (χ3n) is 3.79.